The van der Waals surface area contributed by atoms with Crippen molar-refractivity contribution >= 4 is 5.91 Å². The van der Waals surface area contributed by atoms with Crippen LogP contribution in [0.25, 0.3) is 0 Å². The minimum absolute atomic E-state index is 0.00405. The Morgan fingerprint density at radius 3 is 2.24 bits per heavy atom. The summed E-state index contributed by atoms with van der Waals surface area (Å²) in [5, 5.41) is 15.9. The summed E-state index contributed by atoms with van der Waals surface area (Å²) in [6.07, 6.45) is 0. The van der Waals surface area contributed by atoms with Gasteiger partial charge in [0.25, 0.3) is 0 Å². The molecule has 0 spiro atoms. The zero-order valence-electron chi connectivity index (χ0n) is 13.0. The minimum Gasteiger partial charge on any atom is -0.502 e. The number of ether oxygens (including phenoxy) is 2. The van der Waals surface area contributed by atoms with Gasteiger partial charge in [0.15, 0.2) is 11.5 Å². The first-order valence-corrected chi connectivity index (χ1v) is 6.91. The number of amides is 1. The molecule has 0 aliphatic carbocycles. The summed E-state index contributed by atoms with van der Waals surface area (Å²) in [5.41, 5.74) is 0.927. The average Bonchev–Trinajstić information content (AvgIpc) is 2.47. The Morgan fingerprint density at radius 1 is 1.19 bits per heavy atom. The average molecular weight is 296 g/mol. The number of hydrogen-bond acceptors (Lipinski definition) is 5. The molecule has 0 aliphatic rings. The highest BCUT2D eigenvalue weighted by Crippen LogP contribution is 2.36. The number of phenols is 1. The van der Waals surface area contributed by atoms with E-state index in [4.69, 9.17) is 9.47 Å². The van der Waals surface area contributed by atoms with Crippen molar-refractivity contribution in [1.82, 2.24) is 10.6 Å². The minimum atomic E-state index is -0.00653. The molecule has 0 saturated carbocycles. The van der Waals surface area contributed by atoms with Gasteiger partial charge in [-0.05, 0) is 17.7 Å². The van der Waals surface area contributed by atoms with Gasteiger partial charge in [0.2, 0.25) is 11.7 Å². The molecule has 6 nitrogen and oxygen atoms in total. The lowest BCUT2D eigenvalue weighted by atomic mass is 10.2. The van der Waals surface area contributed by atoms with Gasteiger partial charge in [-0.2, -0.15) is 0 Å². The summed E-state index contributed by atoms with van der Waals surface area (Å²) in [4.78, 5) is 11.4. The smallest absolute Gasteiger partial charge is 0.222 e. The molecule has 0 unspecified atom stereocenters. The maximum absolute atomic E-state index is 11.4. The number of methoxy groups -OCH3 is 2. The number of aromatic hydroxyl groups is 1. The van der Waals surface area contributed by atoms with Crippen molar-refractivity contribution < 1.29 is 19.4 Å². The Hall–Kier alpha value is -1.95. The van der Waals surface area contributed by atoms with E-state index in [1.807, 2.05) is 13.8 Å². The van der Waals surface area contributed by atoms with Gasteiger partial charge in [0, 0.05) is 25.6 Å². The summed E-state index contributed by atoms with van der Waals surface area (Å²) >= 11 is 0. The molecule has 3 N–H and O–H groups in total. The number of carbonyl (C=O) groups excluding carboxylic acids is 1. The number of nitrogens with one attached hydrogen (secondary N) is 2. The van der Waals surface area contributed by atoms with Gasteiger partial charge < -0.3 is 25.2 Å². The Labute approximate surface area is 125 Å². The van der Waals surface area contributed by atoms with Crippen LogP contribution in [0.5, 0.6) is 17.2 Å². The summed E-state index contributed by atoms with van der Waals surface area (Å²) < 4.78 is 10.2. The third-order valence-electron chi connectivity index (χ3n) is 2.99. The van der Waals surface area contributed by atoms with E-state index in [9.17, 15) is 9.90 Å². The highest BCUT2D eigenvalue weighted by atomic mass is 16.5. The highest BCUT2D eigenvalue weighted by molar-refractivity contribution is 5.77. The first-order chi connectivity index (χ1) is 9.99. The molecule has 0 atom stereocenters. The van der Waals surface area contributed by atoms with Crippen molar-refractivity contribution in [1.29, 1.82) is 0 Å². The first kappa shape index (κ1) is 17.1. The van der Waals surface area contributed by atoms with E-state index >= 15 is 0 Å². The molecule has 0 bridgehead atoms. The second kappa shape index (κ2) is 8.36. The van der Waals surface area contributed by atoms with E-state index in [1.54, 1.807) is 12.1 Å². The quantitative estimate of drug-likeness (QED) is 0.630. The summed E-state index contributed by atoms with van der Waals surface area (Å²) in [5.74, 6) is 0.784. The van der Waals surface area contributed by atoms with E-state index in [2.05, 4.69) is 10.6 Å². The molecular formula is C15H24N2O4. The number of hydrogen-bond donors (Lipinski definition) is 3. The third-order valence-corrected chi connectivity index (χ3v) is 2.99. The van der Waals surface area contributed by atoms with Gasteiger partial charge in [-0.25, -0.2) is 0 Å². The SMILES string of the molecule is COc1cc(CNCCNC(=O)C(C)C)cc(OC)c1O. The predicted molar refractivity (Wildman–Crippen MR) is 80.8 cm³/mol. The normalized spacial score (nSPS) is 10.5. The molecule has 1 rings (SSSR count). The largest absolute Gasteiger partial charge is 0.502 e. The van der Waals surface area contributed by atoms with Crippen LogP contribution in [0.2, 0.25) is 0 Å². The number of rotatable bonds is 8. The maximum Gasteiger partial charge on any atom is 0.222 e. The molecule has 1 aromatic rings. The lowest BCUT2D eigenvalue weighted by Gasteiger charge is -2.12. The fourth-order valence-corrected chi connectivity index (χ4v) is 1.76. The molecule has 118 valence electrons. The van der Waals surface area contributed by atoms with Crippen LogP contribution >= 0.6 is 0 Å². The van der Waals surface area contributed by atoms with Crippen LogP contribution in [0.15, 0.2) is 12.1 Å². The van der Waals surface area contributed by atoms with E-state index in [0.29, 0.717) is 31.1 Å². The van der Waals surface area contributed by atoms with Gasteiger partial charge in [-0.1, -0.05) is 13.8 Å². The molecule has 0 aliphatic heterocycles. The predicted octanol–water partition coefficient (Wildman–Crippen LogP) is 1.27. The van der Waals surface area contributed by atoms with Gasteiger partial charge in [-0.15, -0.1) is 0 Å². The molecule has 1 amide bonds. The Kier molecular flexibility index (Phi) is 6.81. The van der Waals surface area contributed by atoms with Crippen molar-refractivity contribution in [2.24, 2.45) is 5.92 Å². The lowest BCUT2D eigenvalue weighted by Crippen LogP contribution is -2.34. The standard InChI is InChI=1S/C15H24N2O4/c1-10(2)15(19)17-6-5-16-9-11-7-12(20-3)14(18)13(8-11)21-4/h7-8,10,16,18H,5-6,9H2,1-4H3,(H,17,19). The number of benzene rings is 1. The number of carbonyl (C=O) groups is 1. The van der Waals surface area contributed by atoms with E-state index < -0.39 is 0 Å². The monoisotopic (exact) mass is 296 g/mol. The summed E-state index contributed by atoms with van der Waals surface area (Å²) in [6.45, 7) is 5.54. The zero-order valence-corrected chi connectivity index (χ0v) is 13.0. The molecule has 0 heterocycles. The van der Waals surface area contributed by atoms with Crippen molar-refractivity contribution in [3.8, 4) is 17.2 Å². The lowest BCUT2D eigenvalue weighted by molar-refractivity contribution is -0.123. The highest BCUT2D eigenvalue weighted by Gasteiger charge is 2.11. The van der Waals surface area contributed by atoms with Crippen molar-refractivity contribution in [2.45, 2.75) is 20.4 Å². The second-order valence-corrected chi connectivity index (χ2v) is 4.97. The van der Waals surface area contributed by atoms with Crippen LogP contribution in [0.3, 0.4) is 0 Å². The van der Waals surface area contributed by atoms with Gasteiger partial charge in [-0.3, -0.25) is 4.79 Å². The Morgan fingerprint density at radius 2 is 1.76 bits per heavy atom. The van der Waals surface area contributed by atoms with Gasteiger partial charge in [0.05, 0.1) is 14.2 Å². The first-order valence-electron chi connectivity index (χ1n) is 6.91. The van der Waals surface area contributed by atoms with Crippen LogP contribution in [-0.2, 0) is 11.3 Å². The van der Waals surface area contributed by atoms with Crippen LogP contribution in [0, 0.1) is 5.92 Å². The van der Waals surface area contributed by atoms with E-state index in [1.165, 1.54) is 14.2 Å². The molecular weight excluding hydrogens is 272 g/mol. The van der Waals surface area contributed by atoms with Crippen LogP contribution < -0.4 is 20.1 Å². The van der Waals surface area contributed by atoms with Crippen LogP contribution in [0.4, 0.5) is 0 Å². The second-order valence-electron chi connectivity index (χ2n) is 4.97. The van der Waals surface area contributed by atoms with E-state index in [-0.39, 0.29) is 17.6 Å². The summed E-state index contributed by atoms with van der Waals surface area (Å²) in [6, 6.07) is 3.50. The molecule has 6 heteroatoms. The van der Waals surface area contributed by atoms with Gasteiger partial charge >= 0.3 is 0 Å². The van der Waals surface area contributed by atoms with E-state index in [0.717, 1.165) is 5.56 Å². The van der Waals surface area contributed by atoms with Crippen molar-refractivity contribution in [3.63, 3.8) is 0 Å². The third kappa shape index (κ3) is 5.15. The van der Waals surface area contributed by atoms with Crippen LogP contribution in [0.1, 0.15) is 19.4 Å². The van der Waals surface area contributed by atoms with Gasteiger partial charge in [0.1, 0.15) is 0 Å². The zero-order chi connectivity index (χ0) is 15.8. The maximum atomic E-state index is 11.4. The molecule has 1 aromatic carbocycles. The fourth-order valence-electron chi connectivity index (χ4n) is 1.76. The fraction of sp³-hybridized carbons (Fsp3) is 0.533. The Bertz CT molecular complexity index is 450. The van der Waals surface area contributed by atoms with Crippen LogP contribution in [-0.4, -0.2) is 38.3 Å². The Balaban J connectivity index is 2.47. The molecule has 0 saturated heterocycles. The topological polar surface area (TPSA) is 79.8 Å². The van der Waals surface area contributed by atoms with Crippen molar-refractivity contribution in [3.05, 3.63) is 17.7 Å². The van der Waals surface area contributed by atoms with Crippen molar-refractivity contribution in [2.75, 3.05) is 27.3 Å². The molecule has 0 radical (unpaired) electrons. The molecule has 21 heavy (non-hydrogen) atoms. The molecule has 0 aromatic heterocycles. The number of phenolic OH excluding ortho intramolecular Hbond substituents is 1. The molecule has 0 fully saturated rings. The summed E-state index contributed by atoms with van der Waals surface area (Å²) in [7, 11) is 2.99.